The summed E-state index contributed by atoms with van der Waals surface area (Å²) in [5.74, 6) is 2.19. The lowest BCUT2D eigenvalue weighted by molar-refractivity contribution is 0.487. The summed E-state index contributed by atoms with van der Waals surface area (Å²) < 4.78 is 15.1. The molecular formula is C45H24N4O2. The van der Waals surface area contributed by atoms with Crippen molar-refractivity contribution in [3.63, 3.8) is 0 Å². The van der Waals surface area contributed by atoms with Gasteiger partial charge in [-0.05, 0) is 75.0 Å². The van der Waals surface area contributed by atoms with Gasteiger partial charge in [0, 0.05) is 33.5 Å². The lowest BCUT2D eigenvalue weighted by Crippen LogP contribution is -2.03. The average molecular weight is 653 g/mol. The topological polar surface area (TPSA) is 66.0 Å². The third kappa shape index (κ3) is 3.63. The molecule has 0 aliphatic carbocycles. The summed E-state index contributed by atoms with van der Waals surface area (Å²) in [6.45, 7) is 0. The Balaban J connectivity index is 1.22. The van der Waals surface area contributed by atoms with Crippen LogP contribution >= 0.6 is 0 Å². The van der Waals surface area contributed by atoms with Gasteiger partial charge in [-0.3, -0.25) is 9.55 Å². The van der Waals surface area contributed by atoms with E-state index in [1.165, 1.54) is 21.5 Å². The Hall–Kier alpha value is -7.05. The third-order valence-corrected chi connectivity index (χ3v) is 10.5. The number of ether oxygens (including phenoxy) is 1. The standard InChI is InChI=1S/C45H24N4O2/c1-2-10-28-25(9-1)18-19-26-20-21-27(23-32(26)28)42-41-30-12-4-6-16-37(30)51-44(41)48-45(47-42)49-34-14-8-22-46-43(34)40-31-13-7-17-38-39(31)33(24-35(40)49)29-11-3-5-15-36(29)50-38/h1-24H. The highest BCUT2D eigenvalue weighted by molar-refractivity contribution is 6.25. The molecule has 236 valence electrons. The quantitative estimate of drug-likeness (QED) is 0.174. The van der Waals surface area contributed by atoms with Crippen molar-refractivity contribution in [3.8, 4) is 39.8 Å². The molecule has 1 aliphatic rings. The van der Waals surface area contributed by atoms with E-state index in [0.29, 0.717) is 11.7 Å². The van der Waals surface area contributed by atoms with Gasteiger partial charge in [-0.25, -0.2) is 4.98 Å². The van der Waals surface area contributed by atoms with Gasteiger partial charge in [0.25, 0.3) is 0 Å². The van der Waals surface area contributed by atoms with Crippen LogP contribution in [0.5, 0.6) is 11.5 Å². The second kappa shape index (κ2) is 9.77. The van der Waals surface area contributed by atoms with E-state index in [-0.39, 0.29) is 0 Å². The summed E-state index contributed by atoms with van der Waals surface area (Å²) in [5, 5.41) is 9.81. The van der Waals surface area contributed by atoms with Crippen LogP contribution in [0.2, 0.25) is 0 Å². The molecule has 0 unspecified atom stereocenters. The molecule has 1 aliphatic heterocycles. The molecule has 0 bridgehead atoms. The SMILES string of the molecule is c1ccc2c(c1)Oc1cccc3c1c-2cc1c3c2ncccc2n1-c1nc(-c2ccc3ccc4ccccc4c3c2)c2c(n1)oc1ccccc12. The number of hydrogen-bond donors (Lipinski definition) is 0. The summed E-state index contributed by atoms with van der Waals surface area (Å²) in [6, 6.07) is 48.4. The number of para-hydroxylation sites is 2. The summed E-state index contributed by atoms with van der Waals surface area (Å²) in [4.78, 5) is 15.6. The lowest BCUT2D eigenvalue weighted by Gasteiger charge is -2.21. The van der Waals surface area contributed by atoms with E-state index >= 15 is 0 Å². The number of fused-ring (bicyclic) bond motifs is 12. The van der Waals surface area contributed by atoms with Gasteiger partial charge in [0.2, 0.25) is 11.7 Å². The number of furan rings is 1. The normalized spacial score (nSPS) is 12.5. The van der Waals surface area contributed by atoms with Gasteiger partial charge in [0.1, 0.15) is 17.1 Å². The van der Waals surface area contributed by atoms with Crippen LogP contribution in [0.4, 0.5) is 0 Å². The largest absolute Gasteiger partial charge is 0.456 e. The number of aromatic nitrogens is 4. The minimum absolute atomic E-state index is 0.519. The number of hydrogen-bond acceptors (Lipinski definition) is 5. The van der Waals surface area contributed by atoms with Crippen LogP contribution < -0.4 is 4.74 Å². The molecule has 0 amide bonds. The van der Waals surface area contributed by atoms with Crippen LogP contribution in [0.25, 0.3) is 105 Å². The molecule has 0 radical (unpaired) electrons. The third-order valence-electron chi connectivity index (χ3n) is 10.5. The Labute approximate surface area is 289 Å². The number of pyridine rings is 1. The van der Waals surface area contributed by atoms with Crippen LogP contribution in [-0.2, 0) is 0 Å². The predicted octanol–water partition coefficient (Wildman–Crippen LogP) is 11.8. The fourth-order valence-electron chi connectivity index (χ4n) is 8.24. The Morgan fingerprint density at radius 1 is 0.510 bits per heavy atom. The average Bonchev–Trinajstić information content (AvgIpc) is 3.73. The van der Waals surface area contributed by atoms with Crippen molar-refractivity contribution in [3.05, 3.63) is 146 Å². The number of benzene rings is 7. The van der Waals surface area contributed by atoms with Crippen molar-refractivity contribution in [2.24, 2.45) is 0 Å². The first-order valence-corrected chi connectivity index (χ1v) is 17.0. The Bertz CT molecular complexity index is 3300. The number of rotatable bonds is 2. The molecule has 51 heavy (non-hydrogen) atoms. The molecule has 0 saturated carbocycles. The van der Waals surface area contributed by atoms with Gasteiger partial charge in [-0.2, -0.15) is 4.98 Å². The Kier molecular flexibility index (Phi) is 5.14. The van der Waals surface area contributed by atoms with Crippen LogP contribution in [0.15, 0.2) is 150 Å². The maximum Gasteiger partial charge on any atom is 0.238 e. The van der Waals surface area contributed by atoms with Gasteiger partial charge >= 0.3 is 0 Å². The molecule has 0 fully saturated rings. The van der Waals surface area contributed by atoms with E-state index in [9.17, 15) is 0 Å². The van der Waals surface area contributed by atoms with E-state index < -0.39 is 0 Å². The van der Waals surface area contributed by atoms with Crippen molar-refractivity contribution in [2.45, 2.75) is 0 Å². The molecule has 12 rings (SSSR count). The molecule has 0 saturated heterocycles. The first-order chi connectivity index (χ1) is 25.3. The van der Waals surface area contributed by atoms with E-state index in [1.54, 1.807) is 0 Å². The zero-order valence-electron chi connectivity index (χ0n) is 27.0. The van der Waals surface area contributed by atoms with E-state index in [1.807, 2.05) is 48.7 Å². The molecule has 11 aromatic rings. The molecule has 6 heteroatoms. The first-order valence-electron chi connectivity index (χ1n) is 17.0. The van der Waals surface area contributed by atoms with Crippen molar-refractivity contribution in [2.75, 3.05) is 0 Å². The molecule has 4 aromatic heterocycles. The van der Waals surface area contributed by atoms with E-state index in [2.05, 4.69) is 102 Å². The highest BCUT2D eigenvalue weighted by Gasteiger charge is 2.27. The molecule has 5 heterocycles. The minimum atomic E-state index is 0.519. The molecule has 0 spiro atoms. The zero-order valence-corrected chi connectivity index (χ0v) is 27.0. The second-order valence-corrected chi connectivity index (χ2v) is 13.2. The summed E-state index contributed by atoms with van der Waals surface area (Å²) in [7, 11) is 0. The van der Waals surface area contributed by atoms with Crippen LogP contribution in [0.3, 0.4) is 0 Å². The number of nitrogens with zero attached hydrogens (tertiary/aromatic N) is 4. The smallest absolute Gasteiger partial charge is 0.238 e. The fourth-order valence-corrected chi connectivity index (χ4v) is 8.24. The molecule has 7 aromatic carbocycles. The van der Waals surface area contributed by atoms with Gasteiger partial charge in [-0.15, -0.1) is 0 Å². The molecule has 0 N–H and O–H groups in total. The Morgan fingerprint density at radius 2 is 1.29 bits per heavy atom. The highest BCUT2D eigenvalue weighted by Crippen LogP contribution is 2.50. The first kappa shape index (κ1) is 26.9. The van der Waals surface area contributed by atoms with Gasteiger partial charge < -0.3 is 9.15 Å². The molecule has 6 nitrogen and oxygen atoms in total. The zero-order chi connectivity index (χ0) is 33.2. The van der Waals surface area contributed by atoms with E-state index in [0.717, 1.165) is 82.9 Å². The minimum Gasteiger partial charge on any atom is -0.456 e. The Morgan fingerprint density at radius 3 is 2.25 bits per heavy atom. The second-order valence-electron chi connectivity index (χ2n) is 13.2. The van der Waals surface area contributed by atoms with Crippen LogP contribution in [0, 0.1) is 0 Å². The van der Waals surface area contributed by atoms with Crippen molar-refractivity contribution < 1.29 is 9.15 Å². The lowest BCUT2D eigenvalue weighted by atomic mass is 9.92. The molecular weight excluding hydrogens is 629 g/mol. The van der Waals surface area contributed by atoms with Crippen molar-refractivity contribution >= 4 is 76.3 Å². The van der Waals surface area contributed by atoms with Gasteiger partial charge in [0.15, 0.2) is 0 Å². The summed E-state index contributed by atoms with van der Waals surface area (Å²) >= 11 is 0. The highest BCUT2D eigenvalue weighted by atomic mass is 16.5. The monoisotopic (exact) mass is 652 g/mol. The fraction of sp³-hybridized carbons (Fsp3) is 0. The maximum atomic E-state index is 6.53. The van der Waals surface area contributed by atoms with Crippen molar-refractivity contribution in [1.29, 1.82) is 0 Å². The molecule has 0 atom stereocenters. The van der Waals surface area contributed by atoms with Gasteiger partial charge in [-0.1, -0.05) is 97.1 Å². The predicted molar refractivity (Wildman–Crippen MR) is 205 cm³/mol. The van der Waals surface area contributed by atoms with E-state index in [4.69, 9.17) is 24.1 Å². The van der Waals surface area contributed by atoms with Gasteiger partial charge in [0.05, 0.1) is 27.6 Å². The van der Waals surface area contributed by atoms with Crippen LogP contribution in [-0.4, -0.2) is 19.5 Å². The van der Waals surface area contributed by atoms with Crippen LogP contribution in [0.1, 0.15) is 0 Å². The van der Waals surface area contributed by atoms with Crippen molar-refractivity contribution in [1.82, 2.24) is 19.5 Å². The summed E-state index contributed by atoms with van der Waals surface area (Å²) in [6.07, 6.45) is 1.85. The maximum absolute atomic E-state index is 6.53. The summed E-state index contributed by atoms with van der Waals surface area (Å²) in [5.41, 5.74) is 8.03.